The van der Waals surface area contributed by atoms with E-state index >= 15 is 0 Å². The predicted octanol–water partition coefficient (Wildman–Crippen LogP) is 2.92. The minimum absolute atomic E-state index is 0.598. The van der Waals surface area contributed by atoms with Gasteiger partial charge in [0.05, 0.1) is 0 Å². The van der Waals surface area contributed by atoms with Crippen molar-refractivity contribution < 1.29 is 0 Å². The van der Waals surface area contributed by atoms with Gasteiger partial charge in [-0.15, -0.1) is 0 Å². The summed E-state index contributed by atoms with van der Waals surface area (Å²) in [5, 5.41) is 2.84. The Morgan fingerprint density at radius 3 is 2.75 bits per heavy atom. The molecule has 1 heteroatoms. The Hall–Kier alpha value is -0.830. The Bertz CT molecular complexity index is 617. The summed E-state index contributed by atoms with van der Waals surface area (Å²) in [6, 6.07) is 8.75. The van der Waals surface area contributed by atoms with E-state index in [0.29, 0.717) is 5.92 Å². The maximum Gasteiger partial charge on any atom is 0.0191 e. The molecule has 1 aromatic rings. The molecule has 2 aliphatic rings. The zero-order chi connectivity index (χ0) is 11.1. The summed E-state index contributed by atoms with van der Waals surface area (Å²) >= 11 is 2.52. The van der Waals surface area contributed by atoms with E-state index in [1.54, 1.807) is 0 Å². The molecule has 0 saturated heterocycles. The van der Waals surface area contributed by atoms with E-state index in [2.05, 4.69) is 72.0 Å². The number of fused-ring (bicyclic) bond motifs is 2. The molecule has 1 atom stereocenters. The van der Waals surface area contributed by atoms with Crippen LogP contribution in [0.25, 0.3) is 9.15 Å². The molecule has 1 aromatic carbocycles. The van der Waals surface area contributed by atoms with Crippen LogP contribution < -0.4 is 10.4 Å². The second-order valence-corrected chi connectivity index (χ2v) is 5.52. The van der Waals surface area contributed by atoms with Gasteiger partial charge < -0.3 is 0 Å². The molecule has 0 amide bonds. The van der Waals surface area contributed by atoms with Crippen molar-refractivity contribution in [3.8, 4) is 0 Å². The van der Waals surface area contributed by atoms with Gasteiger partial charge in [-0.1, -0.05) is 42.5 Å². The summed E-state index contributed by atoms with van der Waals surface area (Å²) < 4.78 is 1.49. The first-order chi connectivity index (χ1) is 7.79. The largest absolute Gasteiger partial charge is 0.0836 e. The minimum Gasteiger partial charge on any atom is -0.0836 e. The third-order valence-electron chi connectivity index (χ3n) is 3.49. The average Bonchev–Trinajstić information content (AvgIpc) is 2.36. The highest BCUT2D eigenvalue weighted by molar-refractivity contribution is 14.1. The fraction of sp³-hybridized carbons (Fsp3) is 0.200. The molecule has 1 unspecified atom stereocenters. The second kappa shape index (κ2) is 3.88. The highest BCUT2D eigenvalue weighted by Gasteiger charge is 2.23. The van der Waals surface area contributed by atoms with E-state index in [-0.39, 0.29) is 0 Å². The first kappa shape index (κ1) is 10.3. The Balaban J connectivity index is 2.45. The summed E-state index contributed by atoms with van der Waals surface area (Å²) in [5.74, 6) is 0.598. The van der Waals surface area contributed by atoms with Crippen molar-refractivity contribution in [3.63, 3.8) is 0 Å². The van der Waals surface area contributed by atoms with Crippen molar-refractivity contribution in [3.05, 3.63) is 58.5 Å². The predicted molar refractivity (Wildman–Crippen MR) is 77.5 cm³/mol. The molecule has 0 bridgehead atoms. The highest BCUT2D eigenvalue weighted by atomic mass is 127. The Kier molecular flexibility index (Phi) is 2.51. The third kappa shape index (κ3) is 1.41. The van der Waals surface area contributed by atoms with Crippen molar-refractivity contribution in [1.82, 2.24) is 0 Å². The van der Waals surface area contributed by atoms with Gasteiger partial charge in [0.1, 0.15) is 0 Å². The highest BCUT2D eigenvalue weighted by Crippen LogP contribution is 2.37. The fourth-order valence-electron chi connectivity index (χ4n) is 2.62. The van der Waals surface area contributed by atoms with Gasteiger partial charge in [0.15, 0.2) is 0 Å². The van der Waals surface area contributed by atoms with Gasteiger partial charge in [-0.05, 0) is 57.5 Å². The van der Waals surface area contributed by atoms with Crippen LogP contribution in [0.3, 0.4) is 0 Å². The van der Waals surface area contributed by atoms with Gasteiger partial charge >= 0.3 is 0 Å². The first-order valence-electron chi connectivity index (χ1n) is 5.62. The molecule has 0 aromatic heterocycles. The maximum absolute atomic E-state index is 2.52. The van der Waals surface area contributed by atoms with Gasteiger partial charge in [0.25, 0.3) is 0 Å². The van der Waals surface area contributed by atoms with Gasteiger partial charge in [0.2, 0.25) is 0 Å². The standard InChI is InChI=1S/C15H13I/c1-10-11-6-2-4-8-13(11)15(16)14-9-5-3-7-12(10)14/h2-8,14H,9H2,1H3. The van der Waals surface area contributed by atoms with Gasteiger partial charge in [0, 0.05) is 9.50 Å². The lowest BCUT2D eigenvalue weighted by atomic mass is 9.82. The lowest BCUT2D eigenvalue weighted by molar-refractivity contribution is 0.817. The number of rotatable bonds is 0. The Morgan fingerprint density at radius 1 is 1.19 bits per heavy atom. The monoisotopic (exact) mass is 320 g/mol. The Morgan fingerprint density at radius 2 is 1.94 bits per heavy atom. The molecule has 0 saturated carbocycles. The number of halogens is 1. The molecule has 0 N–H and O–H groups in total. The average molecular weight is 320 g/mol. The summed E-state index contributed by atoms with van der Waals surface area (Å²) in [5.41, 5.74) is 2.95. The van der Waals surface area contributed by atoms with Crippen LogP contribution in [0.2, 0.25) is 0 Å². The topological polar surface area (TPSA) is 0 Å². The molecule has 0 fully saturated rings. The molecule has 0 heterocycles. The van der Waals surface area contributed by atoms with Crippen molar-refractivity contribution in [2.45, 2.75) is 13.3 Å². The van der Waals surface area contributed by atoms with Crippen LogP contribution in [0.5, 0.6) is 0 Å². The van der Waals surface area contributed by atoms with Crippen LogP contribution >= 0.6 is 22.6 Å². The van der Waals surface area contributed by atoms with Crippen LogP contribution in [0.1, 0.15) is 13.3 Å². The number of allylic oxidation sites excluding steroid dienone is 4. The second-order valence-electron chi connectivity index (χ2n) is 4.36. The molecular weight excluding hydrogens is 307 g/mol. The number of hydrogen-bond donors (Lipinski definition) is 0. The molecule has 80 valence electrons. The lowest BCUT2D eigenvalue weighted by Crippen LogP contribution is -2.34. The quantitative estimate of drug-likeness (QED) is 0.645. The van der Waals surface area contributed by atoms with Crippen molar-refractivity contribution in [2.75, 3.05) is 0 Å². The fourth-order valence-corrected chi connectivity index (χ4v) is 3.68. The van der Waals surface area contributed by atoms with Crippen LogP contribution in [0.4, 0.5) is 0 Å². The molecule has 0 radical (unpaired) electrons. The van der Waals surface area contributed by atoms with Crippen LogP contribution in [-0.2, 0) is 0 Å². The summed E-state index contributed by atoms with van der Waals surface area (Å²) in [7, 11) is 0. The van der Waals surface area contributed by atoms with Gasteiger partial charge in [-0.2, -0.15) is 0 Å². The molecule has 3 rings (SSSR count). The van der Waals surface area contributed by atoms with Gasteiger partial charge in [-0.25, -0.2) is 0 Å². The molecular formula is C15H13I. The summed E-state index contributed by atoms with van der Waals surface area (Å²) in [4.78, 5) is 0. The van der Waals surface area contributed by atoms with Crippen LogP contribution in [0, 0.1) is 5.92 Å². The number of benzene rings is 1. The molecule has 0 nitrogen and oxygen atoms in total. The van der Waals surface area contributed by atoms with Crippen molar-refractivity contribution in [2.24, 2.45) is 5.92 Å². The zero-order valence-electron chi connectivity index (χ0n) is 9.20. The SMILES string of the molecule is CC1=c2ccccc2=C(I)C2CC=CC=C12. The van der Waals surface area contributed by atoms with E-state index in [9.17, 15) is 0 Å². The van der Waals surface area contributed by atoms with E-state index in [4.69, 9.17) is 0 Å². The van der Waals surface area contributed by atoms with Crippen LogP contribution in [0.15, 0.2) is 48.1 Å². The third-order valence-corrected chi connectivity index (χ3v) is 4.82. The van der Waals surface area contributed by atoms with E-state index in [0.717, 1.165) is 6.42 Å². The Labute approximate surface area is 109 Å². The lowest BCUT2D eigenvalue weighted by Gasteiger charge is -2.26. The van der Waals surface area contributed by atoms with E-state index in [1.165, 1.54) is 25.2 Å². The van der Waals surface area contributed by atoms with Crippen molar-refractivity contribution in [1.29, 1.82) is 0 Å². The minimum atomic E-state index is 0.598. The van der Waals surface area contributed by atoms with Crippen LogP contribution in [-0.4, -0.2) is 0 Å². The van der Waals surface area contributed by atoms with Crippen molar-refractivity contribution >= 4 is 31.7 Å². The zero-order valence-corrected chi connectivity index (χ0v) is 11.4. The first-order valence-corrected chi connectivity index (χ1v) is 6.69. The molecule has 0 aliphatic heterocycles. The smallest absolute Gasteiger partial charge is 0.0191 e. The molecule has 2 aliphatic carbocycles. The molecule has 16 heavy (non-hydrogen) atoms. The maximum atomic E-state index is 2.52. The van der Waals surface area contributed by atoms with Gasteiger partial charge in [-0.3, -0.25) is 0 Å². The summed E-state index contributed by atoms with van der Waals surface area (Å²) in [6.07, 6.45) is 7.88. The number of hydrogen-bond acceptors (Lipinski definition) is 0. The molecule has 0 spiro atoms. The summed E-state index contributed by atoms with van der Waals surface area (Å²) in [6.45, 7) is 2.25. The van der Waals surface area contributed by atoms with E-state index in [1.807, 2.05) is 0 Å². The normalized spacial score (nSPS) is 22.6. The van der Waals surface area contributed by atoms with E-state index < -0.39 is 0 Å².